The minimum Gasteiger partial charge on any atom is -0.353 e. The van der Waals surface area contributed by atoms with E-state index >= 15 is 0 Å². The van der Waals surface area contributed by atoms with Crippen molar-refractivity contribution in [1.29, 1.82) is 0 Å². The Balaban J connectivity index is 1.35. The fourth-order valence-corrected chi connectivity index (χ4v) is 4.15. The van der Waals surface area contributed by atoms with Gasteiger partial charge in [-0.2, -0.15) is 5.10 Å². The van der Waals surface area contributed by atoms with Gasteiger partial charge in [0.25, 0.3) is 0 Å². The zero-order valence-electron chi connectivity index (χ0n) is 19.0. The Morgan fingerprint density at radius 2 is 1.91 bits per heavy atom. The normalized spacial score (nSPS) is 15.7. The van der Waals surface area contributed by atoms with Gasteiger partial charge in [-0.1, -0.05) is 13.8 Å². The fourth-order valence-electron chi connectivity index (χ4n) is 4.15. The lowest BCUT2D eigenvalue weighted by atomic mass is 10.00. The summed E-state index contributed by atoms with van der Waals surface area (Å²) in [6, 6.07) is 6.09. The number of anilines is 1. The molecule has 0 aromatic carbocycles. The smallest absolute Gasteiger partial charge is 0.225 e. The van der Waals surface area contributed by atoms with E-state index < -0.39 is 0 Å². The van der Waals surface area contributed by atoms with Gasteiger partial charge >= 0.3 is 0 Å². The van der Waals surface area contributed by atoms with Gasteiger partial charge < -0.3 is 10.2 Å². The fraction of sp³-hybridized carbons (Fsp3) is 0.458. The highest BCUT2D eigenvalue weighted by atomic mass is 16.1. The van der Waals surface area contributed by atoms with Gasteiger partial charge in [0.05, 0.1) is 11.7 Å². The van der Waals surface area contributed by atoms with E-state index in [1.54, 1.807) is 18.6 Å². The number of piperidine rings is 1. The first-order valence-corrected chi connectivity index (χ1v) is 11.3. The number of amides is 1. The molecular weight excluding hydrogens is 402 g/mol. The van der Waals surface area contributed by atoms with Crippen molar-refractivity contribution in [1.82, 2.24) is 30.0 Å². The summed E-state index contributed by atoms with van der Waals surface area (Å²) in [5.74, 6) is 1.13. The summed E-state index contributed by atoms with van der Waals surface area (Å²) in [6.07, 6.45) is 11.3. The molecule has 8 heteroatoms. The second-order valence-electron chi connectivity index (χ2n) is 8.73. The molecule has 1 fully saturated rings. The summed E-state index contributed by atoms with van der Waals surface area (Å²) in [4.78, 5) is 28.4. The van der Waals surface area contributed by atoms with Gasteiger partial charge in [0, 0.05) is 62.1 Å². The van der Waals surface area contributed by atoms with Crippen LogP contribution in [0.1, 0.15) is 57.7 Å². The number of hydrogen-bond acceptors (Lipinski definition) is 6. The SMILES string of the molecule is CC(C)c1nc(N2CCC(NC(=O)C[C@@H](C)n3cccn3)CC2)ncc1-c1ccncc1. The maximum atomic E-state index is 12.5. The standard InChI is InChI=1S/C24H31N7O/c1-17(2)23-21(19-5-10-25-11-6-19)16-26-24(29-23)30-13-7-20(8-14-30)28-22(32)15-18(3)31-12-4-9-27-31/h4-6,9-12,16-18,20H,7-8,13-15H2,1-3H3,(H,28,32)/t18-/m1/s1. The van der Waals surface area contributed by atoms with Crippen molar-refractivity contribution in [2.45, 2.75) is 58.0 Å². The van der Waals surface area contributed by atoms with Crippen LogP contribution >= 0.6 is 0 Å². The minimum atomic E-state index is 0.0480. The van der Waals surface area contributed by atoms with Crippen molar-refractivity contribution in [3.8, 4) is 11.1 Å². The van der Waals surface area contributed by atoms with Crippen LogP contribution in [0.2, 0.25) is 0 Å². The van der Waals surface area contributed by atoms with Crippen LogP contribution in [0.3, 0.4) is 0 Å². The van der Waals surface area contributed by atoms with Crippen molar-refractivity contribution in [3.05, 3.63) is 54.9 Å². The summed E-state index contributed by atoms with van der Waals surface area (Å²) in [6.45, 7) is 7.97. The van der Waals surface area contributed by atoms with Crippen LogP contribution in [0.4, 0.5) is 5.95 Å². The number of nitrogens with zero attached hydrogens (tertiary/aromatic N) is 6. The van der Waals surface area contributed by atoms with Crippen LogP contribution in [0.25, 0.3) is 11.1 Å². The van der Waals surface area contributed by atoms with Gasteiger partial charge in [-0.25, -0.2) is 9.97 Å². The number of rotatable bonds is 7. The van der Waals surface area contributed by atoms with Crippen LogP contribution in [-0.2, 0) is 4.79 Å². The predicted octanol–water partition coefficient (Wildman–Crippen LogP) is 3.59. The molecule has 32 heavy (non-hydrogen) atoms. The summed E-state index contributed by atoms with van der Waals surface area (Å²) >= 11 is 0. The van der Waals surface area contributed by atoms with Gasteiger partial charge in [0.15, 0.2) is 0 Å². The van der Waals surface area contributed by atoms with Gasteiger partial charge in [0.2, 0.25) is 11.9 Å². The maximum absolute atomic E-state index is 12.5. The molecule has 1 amide bonds. The van der Waals surface area contributed by atoms with Crippen molar-refractivity contribution in [3.63, 3.8) is 0 Å². The lowest BCUT2D eigenvalue weighted by molar-refractivity contribution is -0.122. The van der Waals surface area contributed by atoms with E-state index in [0.717, 1.165) is 48.7 Å². The van der Waals surface area contributed by atoms with Gasteiger partial charge in [-0.3, -0.25) is 14.5 Å². The highest BCUT2D eigenvalue weighted by Crippen LogP contribution is 2.29. The molecule has 0 aliphatic carbocycles. The minimum absolute atomic E-state index is 0.0480. The lowest BCUT2D eigenvalue weighted by Gasteiger charge is -2.33. The van der Waals surface area contributed by atoms with Crippen molar-refractivity contribution in [2.75, 3.05) is 18.0 Å². The second kappa shape index (κ2) is 9.89. The van der Waals surface area contributed by atoms with E-state index in [9.17, 15) is 4.79 Å². The number of nitrogens with one attached hydrogen (secondary N) is 1. The van der Waals surface area contributed by atoms with Crippen LogP contribution in [0.5, 0.6) is 0 Å². The van der Waals surface area contributed by atoms with Gasteiger partial charge in [-0.15, -0.1) is 0 Å². The van der Waals surface area contributed by atoms with E-state index in [0.29, 0.717) is 6.42 Å². The van der Waals surface area contributed by atoms with Crippen LogP contribution in [0.15, 0.2) is 49.2 Å². The molecule has 0 radical (unpaired) electrons. The number of carbonyl (C=O) groups is 1. The third kappa shape index (κ3) is 5.12. The van der Waals surface area contributed by atoms with Crippen molar-refractivity contribution >= 4 is 11.9 Å². The van der Waals surface area contributed by atoms with Crippen molar-refractivity contribution in [2.24, 2.45) is 0 Å². The number of carbonyl (C=O) groups excluding carboxylic acids is 1. The number of pyridine rings is 1. The van der Waals surface area contributed by atoms with E-state index in [1.165, 1.54) is 0 Å². The van der Waals surface area contributed by atoms with Crippen LogP contribution < -0.4 is 10.2 Å². The molecule has 1 aliphatic rings. The third-order valence-electron chi connectivity index (χ3n) is 5.94. The average molecular weight is 434 g/mol. The molecule has 4 heterocycles. The quantitative estimate of drug-likeness (QED) is 0.612. The van der Waals surface area contributed by atoms with Crippen molar-refractivity contribution < 1.29 is 4.79 Å². The molecule has 4 rings (SSSR count). The zero-order valence-corrected chi connectivity index (χ0v) is 19.0. The topological polar surface area (TPSA) is 88.8 Å². The molecule has 0 saturated carbocycles. The third-order valence-corrected chi connectivity index (χ3v) is 5.94. The zero-order chi connectivity index (χ0) is 22.5. The highest BCUT2D eigenvalue weighted by Gasteiger charge is 2.24. The van der Waals surface area contributed by atoms with Crippen LogP contribution in [0, 0.1) is 0 Å². The summed E-state index contributed by atoms with van der Waals surface area (Å²) in [7, 11) is 0. The Morgan fingerprint density at radius 1 is 1.16 bits per heavy atom. The molecule has 0 bridgehead atoms. The summed E-state index contributed by atoms with van der Waals surface area (Å²) in [5, 5.41) is 7.41. The predicted molar refractivity (Wildman–Crippen MR) is 124 cm³/mol. The molecule has 0 spiro atoms. The molecule has 1 aliphatic heterocycles. The molecule has 168 valence electrons. The maximum Gasteiger partial charge on any atom is 0.225 e. The van der Waals surface area contributed by atoms with E-state index in [-0.39, 0.29) is 23.9 Å². The average Bonchev–Trinajstić information content (AvgIpc) is 3.35. The Labute approximate surface area is 189 Å². The first-order chi connectivity index (χ1) is 15.5. The Hall–Kier alpha value is -3.29. The summed E-state index contributed by atoms with van der Waals surface area (Å²) < 4.78 is 1.82. The Kier molecular flexibility index (Phi) is 6.78. The van der Waals surface area contributed by atoms with E-state index in [4.69, 9.17) is 4.98 Å². The van der Waals surface area contributed by atoms with E-state index in [2.05, 4.69) is 39.1 Å². The molecule has 1 N–H and O–H groups in total. The Morgan fingerprint density at radius 3 is 2.56 bits per heavy atom. The molecule has 1 atom stereocenters. The molecule has 0 unspecified atom stereocenters. The Bertz CT molecular complexity index is 1010. The van der Waals surface area contributed by atoms with E-state index in [1.807, 2.05) is 42.2 Å². The van der Waals surface area contributed by atoms with Gasteiger partial charge in [-0.05, 0) is 49.4 Å². The lowest BCUT2D eigenvalue weighted by Crippen LogP contribution is -2.45. The molecule has 8 nitrogen and oxygen atoms in total. The first kappa shape index (κ1) is 21.9. The van der Waals surface area contributed by atoms with Gasteiger partial charge in [0.1, 0.15) is 0 Å². The molecule has 3 aromatic rings. The number of aromatic nitrogens is 5. The van der Waals surface area contributed by atoms with Crippen LogP contribution in [-0.4, -0.2) is 49.8 Å². The molecule has 1 saturated heterocycles. The summed E-state index contributed by atoms with van der Waals surface area (Å²) in [5.41, 5.74) is 3.19. The first-order valence-electron chi connectivity index (χ1n) is 11.3. The molecule has 3 aromatic heterocycles. The largest absolute Gasteiger partial charge is 0.353 e. The highest BCUT2D eigenvalue weighted by molar-refractivity contribution is 5.76. The second-order valence-corrected chi connectivity index (χ2v) is 8.73. The molecular formula is C24H31N7O. The monoisotopic (exact) mass is 433 g/mol. The number of hydrogen-bond donors (Lipinski definition) is 1.